The fraction of sp³-hybridized carbons (Fsp3) is 0.375. The molecule has 0 radical (unpaired) electrons. The van der Waals surface area contributed by atoms with Crippen LogP contribution in [0.2, 0.25) is 0 Å². The number of hydrogen-bond donors (Lipinski definition) is 3. The lowest BCUT2D eigenvalue weighted by molar-refractivity contribution is 0.0947. The predicted molar refractivity (Wildman–Crippen MR) is 59.0 cm³/mol. The summed E-state index contributed by atoms with van der Waals surface area (Å²) >= 11 is 0.792. The first-order valence-electron chi connectivity index (χ1n) is 4.43. The summed E-state index contributed by atoms with van der Waals surface area (Å²) in [5.41, 5.74) is 0. The van der Waals surface area contributed by atoms with Crippen LogP contribution in [0, 0.1) is 0 Å². The summed E-state index contributed by atoms with van der Waals surface area (Å²) in [5, 5.41) is 11.0. The van der Waals surface area contributed by atoms with Gasteiger partial charge in [-0.2, -0.15) is 0 Å². The second-order valence-corrected chi connectivity index (χ2v) is 6.31. The second-order valence-electron chi connectivity index (χ2n) is 3.34. The van der Waals surface area contributed by atoms with Gasteiger partial charge in [0, 0.05) is 6.04 Å². The Kier molecular flexibility index (Phi) is 4.03. The number of carbonyl (C=O) groups excluding carboxylic acids is 1. The summed E-state index contributed by atoms with van der Waals surface area (Å²) in [7, 11) is -3.90. The molecule has 1 aromatic heterocycles. The Morgan fingerprint density at radius 1 is 1.44 bits per heavy atom. The molecule has 0 saturated heterocycles. The van der Waals surface area contributed by atoms with Gasteiger partial charge in [0.15, 0.2) is 0 Å². The van der Waals surface area contributed by atoms with Gasteiger partial charge in [-0.25, -0.2) is 8.42 Å². The van der Waals surface area contributed by atoms with Crippen LogP contribution in [0.15, 0.2) is 16.3 Å². The van der Waals surface area contributed by atoms with Crippen LogP contribution >= 0.6 is 11.3 Å². The van der Waals surface area contributed by atoms with E-state index < -0.39 is 10.0 Å². The molecule has 8 heteroatoms. The molecule has 90 valence electrons. The zero-order chi connectivity index (χ0) is 12.3. The number of sulfonamides is 1. The molecule has 0 aliphatic carbocycles. The van der Waals surface area contributed by atoms with Gasteiger partial charge in [0.2, 0.25) is 0 Å². The van der Waals surface area contributed by atoms with E-state index in [1.165, 1.54) is 17.0 Å². The molecule has 1 rings (SSSR count). The van der Waals surface area contributed by atoms with Gasteiger partial charge in [0.05, 0.1) is 4.88 Å². The average Bonchev–Trinajstić information content (AvgIpc) is 2.66. The number of amides is 1. The Balaban J connectivity index is 2.92. The summed E-state index contributed by atoms with van der Waals surface area (Å²) in [4.78, 5) is 13.0. The Morgan fingerprint density at radius 2 is 2.06 bits per heavy atom. The normalized spacial score (nSPS) is 11.8. The Labute approximate surface area is 97.3 Å². The van der Waals surface area contributed by atoms with Gasteiger partial charge < -0.3 is 10.5 Å². The lowest BCUT2D eigenvalue weighted by Gasteiger charge is -2.05. The van der Waals surface area contributed by atoms with E-state index in [1.807, 2.05) is 0 Å². The van der Waals surface area contributed by atoms with Crippen molar-refractivity contribution in [2.75, 3.05) is 0 Å². The van der Waals surface area contributed by atoms with Crippen molar-refractivity contribution in [1.82, 2.24) is 10.2 Å². The van der Waals surface area contributed by atoms with Crippen molar-refractivity contribution in [3.8, 4) is 0 Å². The van der Waals surface area contributed by atoms with Crippen molar-refractivity contribution in [2.24, 2.45) is 0 Å². The maximum Gasteiger partial charge on any atom is 0.271 e. The maximum absolute atomic E-state index is 11.5. The molecular weight excluding hydrogens is 252 g/mol. The highest BCUT2D eigenvalue weighted by molar-refractivity contribution is 7.91. The number of carbonyl (C=O) groups is 1. The first kappa shape index (κ1) is 13.1. The molecule has 6 nitrogen and oxygen atoms in total. The molecule has 1 amide bonds. The van der Waals surface area contributed by atoms with Gasteiger partial charge in [0.25, 0.3) is 15.9 Å². The van der Waals surface area contributed by atoms with Crippen molar-refractivity contribution in [2.45, 2.75) is 24.1 Å². The second kappa shape index (κ2) is 4.91. The molecule has 0 fully saturated rings. The topological polar surface area (TPSA) is 95.5 Å². The minimum absolute atomic E-state index is 0.0226. The van der Waals surface area contributed by atoms with E-state index in [1.54, 1.807) is 13.8 Å². The van der Waals surface area contributed by atoms with Crippen LogP contribution in [0.25, 0.3) is 0 Å². The van der Waals surface area contributed by atoms with Crippen LogP contribution in [-0.4, -0.2) is 25.6 Å². The van der Waals surface area contributed by atoms with Gasteiger partial charge in [-0.15, -0.1) is 11.3 Å². The molecule has 0 spiro atoms. The molecule has 0 atom stereocenters. The largest absolute Gasteiger partial charge is 0.349 e. The minimum atomic E-state index is -3.90. The molecule has 0 aliphatic rings. The Bertz CT molecular complexity index is 478. The van der Waals surface area contributed by atoms with Crippen molar-refractivity contribution < 1.29 is 18.4 Å². The lowest BCUT2D eigenvalue weighted by Crippen LogP contribution is -2.29. The van der Waals surface area contributed by atoms with Crippen LogP contribution in [-0.2, 0) is 10.0 Å². The van der Waals surface area contributed by atoms with Crippen LogP contribution in [0.1, 0.15) is 23.5 Å². The summed E-state index contributed by atoms with van der Waals surface area (Å²) in [6, 6.07) is 2.64. The molecule has 0 saturated carbocycles. The molecule has 3 N–H and O–H groups in total. The smallest absolute Gasteiger partial charge is 0.271 e. The number of thiophene rings is 1. The van der Waals surface area contributed by atoms with E-state index in [0.717, 1.165) is 11.3 Å². The summed E-state index contributed by atoms with van der Waals surface area (Å²) in [6.07, 6.45) is 0. The van der Waals surface area contributed by atoms with Gasteiger partial charge in [-0.05, 0) is 26.0 Å². The number of hydrogen-bond acceptors (Lipinski definition) is 5. The van der Waals surface area contributed by atoms with Gasteiger partial charge in [-0.1, -0.05) is 4.89 Å². The van der Waals surface area contributed by atoms with Crippen molar-refractivity contribution in [3.05, 3.63) is 17.0 Å². The first-order chi connectivity index (χ1) is 7.36. The first-order valence-corrected chi connectivity index (χ1v) is 6.73. The molecule has 1 heterocycles. The molecule has 0 bridgehead atoms. The van der Waals surface area contributed by atoms with Crippen molar-refractivity contribution >= 4 is 27.3 Å². The predicted octanol–water partition coefficient (Wildman–Crippen LogP) is 0.554. The zero-order valence-corrected chi connectivity index (χ0v) is 10.4. The van der Waals surface area contributed by atoms with Crippen molar-refractivity contribution in [3.63, 3.8) is 0 Å². The average molecular weight is 264 g/mol. The van der Waals surface area contributed by atoms with Crippen LogP contribution in [0.4, 0.5) is 0 Å². The number of rotatable bonds is 4. The van der Waals surface area contributed by atoms with Crippen LogP contribution < -0.4 is 10.2 Å². The Morgan fingerprint density at radius 3 is 2.56 bits per heavy atom. The van der Waals surface area contributed by atoms with E-state index in [9.17, 15) is 13.2 Å². The maximum atomic E-state index is 11.5. The minimum Gasteiger partial charge on any atom is -0.349 e. The zero-order valence-electron chi connectivity index (χ0n) is 8.72. The summed E-state index contributed by atoms with van der Waals surface area (Å²) < 4.78 is 22.2. The van der Waals surface area contributed by atoms with Gasteiger partial charge in [-0.3, -0.25) is 4.79 Å². The third kappa shape index (κ3) is 3.01. The molecule has 0 unspecified atom stereocenters. The molecular formula is C8H12N2O4S2. The SMILES string of the molecule is CC(C)NC(=O)c1ccc(S(=O)(=O)NO)s1. The summed E-state index contributed by atoms with van der Waals surface area (Å²) in [6.45, 7) is 3.61. The van der Waals surface area contributed by atoms with Crippen LogP contribution in [0.3, 0.4) is 0 Å². The van der Waals surface area contributed by atoms with Crippen molar-refractivity contribution in [1.29, 1.82) is 0 Å². The molecule has 1 aromatic rings. The molecule has 0 aliphatic heterocycles. The van der Waals surface area contributed by atoms with E-state index in [0.29, 0.717) is 0 Å². The highest BCUT2D eigenvalue weighted by atomic mass is 32.2. The molecule has 16 heavy (non-hydrogen) atoms. The quantitative estimate of drug-likeness (QED) is 0.692. The van der Waals surface area contributed by atoms with E-state index in [4.69, 9.17) is 5.21 Å². The monoisotopic (exact) mass is 264 g/mol. The van der Waals surface area contributed by atoms with Gasteiger partial charge in [0.1, 0.15) is 4.21 Å². The molecule has 0 aromatic carbocycles. The fourth-order valence-corrected chi connectivity index (χ4v) is 2.76. The number of nitrogens with one attached hydrogen (secondary N) is 2. The van der Waals surface area contributed by atoms with E-state index >= 15 is 0 Å². The fourth-order valence-electron chi connectivity index (χ4n) is 0.965. The third-order valence-corrected chi connectivity index (χ3v) is 4.30. The standard InChI is InChI=1S/C8H12N2O4S2/c1-5(2)9-8(11)6-3-4-7(15-6)16(13,14)10-12/h3-5,10,12H,1-2H3,(H,9,11). The summed E-state index contributed by atoms with van der Waals surface area (Å²) in [5.74, 6) is -0.334. The van der Waals surface area contributed by atoms with Crippen LogP contribution in [0.5, 0.6) is 0 Å². The van der Waals surface area contributed by atoms with E-state index in [2.05, 4.69) is 5.32 Å². The highest BCUT2D eigenvalue weighted by Gasteiger charge is 2.18. The van der Waals surface area contributed by atoms with E-state index in [-0.39, 0.29) is 21.0 Å². The lowest BCUT2D eigenvalue weighted by atomic mass is 10.3. The Hall–Kier alpha value is -0.960. The highest BCUT2D eigenvalue weighted by Crippen LogP contribution is 2.21. The van der Waals surface area contributed by atoms with Gasteiger partial charge >= 0.3 is 0 Å². The third-order valence-electron chi connectivity index (χ3n) is 1.61.